The zero-order chi connectivity index (χ0) is 20.5. The summed E-state index contributed by atoms with van der Waals surface area (Å²) in [5.74, 6) is 0.694. The van der Waals surface area contributed by atoms with Gasteiger partial charge in [-0.1, -0.05) is 42.8 Å². The summed E-state index contributed by atoms with van der Waals surface area (Å²) in [5, 5.41) is 0. The first-order valence-corrected chi connectivity index (χ1v) is 10.1. The van der Waals surface area contributed by atoms with Crippen LogP contribution in [0.4, 0.5) is 5.82 Å². The van der Waals surface area contributed by atoms with Gasteiger partial charge in [-0.25, -0.2) is 9.98 Å². The summed E-state index contributed by atoms with van der Waals surface area (Å²) in [6.45, 7) is 3.74. The number of hydrogen-bond donors (Lipinski definition) is 0. The van der Waals surface area contributed by atoms with Crippen LogP contribution >= 0.6 is 0 Å². The number of benzene rings is 1. The maximum absolute atomic E-state index is 12.4. The summed E-state index contributed by atoms with van der Waals surface area (Å²) in [6.07, 6.45) is 8.16. The molecule has 0 amide bonds. The molecule has 4 nitrogen and oxygen atoms in total. The number of Topliss-reactive ketones (excluding diaryl/α,β-unsaturated/α-hetero) is 1. The fourth-order valence-electron chi connectivity index (χ4n) is 3.20. The Labute approximate surface area is 172 Å². The van der Waals surface area contributed by atoms with Crippen LogP contribution < -0.4 is 0 Å². The lowest BCUT2D eigenvalue weighted by atomic mass is 10.0. The van der Waals surface area contributed by atoms with Gasteiger partial charge in [0.05, 0.1) is 11.4 Å². The molecule has 4 heteroatoms. The van der Waals surface area contributed by atoms with E-state index in [1.807, 2.05) is 37.3 Å². The maximum atomic E-state index is 12.4. The average molecular weight is 386 g/mol. The Bertz CT molecular complexity index is 966. The van der Waals surface area contributed by atoms with Gasteiger partial charge in [0.25, 0.3) is 0 Å². The SMILES string of the molecule is CC(=Nc1ncc(-c2ccccn2)cc1C)C(=O)CCCCCc1ccccc1. The number of nitrogens with zero attached hydrogens (tertiary/aromatic N) is 3. The van der Waals surface area contributed by atoms with Crippen LogP contribution in [0.15, 0.2) is 72.0 Å². The molecule has 0 unspecified atom stereocenters. The van der Waals surface area contributed by atoms with E-state index in [4.69, 9.17) is 0 Å². The summed E-state index contributed by atoms with van der Waals surface area (Å²) < 4.78 is 0. The fourth-order valence-corrected chi connectivity index (χ4v) is 3.20. The van der Waals surface area contributed by atoms with Crippen molar-refractivity contribution in [3.63, 3.8) is 0 Å². The highest BCUT2D eigenvalue weighted by molar-refractivity contribution is 6.39. The number of pyridine rings is 2. The standard InChI is InChI=1S/C25H27N3O/c1-19-17-22(23-14-9-10-16-26-23)18-27-25(19)28-20(2)24(29)15-8-4-7-13-21-11-5-3-6-12-21/h3,5-6,9-12,14,16-18H,4,7-8,13,15H2,1-2H3. The minimum absolute atomic E-state index is 0.0970. The molecular formula is C25H27N3O. The maximum Gasteiger partial charge on any atom is 0.176 e. The van der Waals surface area contributed by atoms with E-state index in [9.17, 15) is 4.79 Å². The van der Waals surface area contributed by atoms with Crippen LogP contribution in [0, 0.1) is 6.92 Å². The number of carbonyl (C=O) groups excluding carboxylic acids is 1. The molecule has 2 heterocycles. The van der Waals surface area contributed by atoms with E-state index in [1.165, 1.54) is 5.56 Å². The zero-order valence-corrected chi connectivity index (χ0v) is 17.1. The van der Waals surface area contributed by atoms with Crippen LogP contribution in [-0.4, -0.2) is 21.5 Å². The van der Waals surface area contributed by atoms with Gasteiger partial charge >= 0.3 is 0 Å². The van der Waals surface area contributed by atoms with Crippen LogP contribution in [0.1, 0.15) is 43.7 Å². The second-order valence-corrected chi connectivity index (χ2v) is 7.25. The Morgan fingerprint density at radius 3 is 2.48 bits per heavy atom. The average Bonchev–Trinajstić information content (AvgIpc) is 2.76. The number of rotatable bonds is 9. The van der Waals surface area contributed by atoms with E-state index >= 15 is 0 Å². The lowest BCUT2D eigenvalue weighted by Gasteiger charge is -2.06. The Balaban J connectivity index is 1.51. The second-order valence-electron chi connectivity index (χ2n) is 7.25. The molecule has 0 aliphatic heterocycles. The monoisotopic (exact) mass is 385 g/mol. The minimum atomic E-state index is 0.0970. The Hall–Kier alpha value is -3.14. The molecule has 148 valence electrons. The number of hydrogen-bond acceptors (Lipinski definition) is 4. The number of carbonyl (C=O) groups is 1. The van der Waals surface area contributed by atoms with Crippen LogP contribution in [0.25, 0.3) is 11.3 Å². The van der Waals surface area contributed by atoms with Crippen LogP contribution in [-0.2, 0) is 11.2 Å². The van der Waals surface area contributed by atoms with Crippen LogP contribution in [0.5, 0.6) is 0 Å². The largest absolute Gasteiger partial charge is 0.293 e. The van der Waals surface area contributed by atoms with Gasteiger partial charge in [-0.2, -0.15) is 0 Å². The molecule has 0 N–H and O–H groups in total. The van der Waals surface area contributed by atoms with Crippen LogP contribution in [0.3, 0.4) is 0 Å². The van der Waals surface area contributed by atoms with Crippen molar-refractivity contribution in [3.8, 4) is 11.3 Å². The zero-order valence-electron chi connectivity index (χ0n) is 17.1. The lowest BCUT2D eigenvalue weighted by Crippen LogP contribution is -2.09. The fraction of sp³-hybridized carbons (Fsp3) is 0.280. The summed E-state index contributed by atoms with van der Waals surface area (Å²) in [4.78, 5) is 25.7. The Morgan fingerprint density at radius 2 is 1.76 bits per heavy atom. The number of unbranched alkanes of at least 4 members (excludes halogenated alkanes) is 2. The van der Waals surface area contributed by atoms with Crippen molar-refractivity contribution in [1.29, 1.82) is 0 Å². The highest BCUT2D eigenvalue weighted by atomic mass is 16.1. The number of aromatic nitrogens is 2. The van der Waals surface area contributed by atoms with Gasteiger partial charge < -0.3 is 0 Å². The van der Waals surface area contributed by atoms with E-state index in [0.717, 1.165) is 42.5 Å². The molecule has 0 bridgehead atoms. The molecule has 29 heavy (non-hydrogen) atoms. The molecule has 0 spiro atoms. The van der Waals surface area contributed by atoms with Crippen molar-refractivity contribution < 1.29 is 4.79 Å². The van der Waals surface area contributed by atoms with Crippen molar-refractivity contribution >= 4 is 17.3 Å². The van der Waals surface area contributed by atoms with Gasteiger partial charge in [0.15, 0.2) is 11.6 Å². The predicted octanol–water partition coefficient (Wildman–Crippen LogP) is 5.92. The van der Waals surface area contributed by atoms with Crippen molar-refractivity contribution in [2.75, 3.05) is 0 Å². The molecule has 3 rings (SSSR count). The van der Waals surface area contributed by atoms with E-state index in [2.05, 4.69) is 39.2 Å². The molecular weight excluding hydrogens is 358 g/mol. The molecule has 0 atom stereocenters. The first kappa shape index (κ1) is 20.6. The number of aryl methyl sites for hydroxylation is 2. The van der Waals surface area contributed by atoms with Crippen molar-refractivity contribution in [2.24, 2.45) is 4.99 Å². The summed E-state index contributed by atoms with van der Waals surface area (Å²) >= 11 is 0. The molecule has 3 aromatic rings. The van der Waals surface area contributed by atoms with E-state index in [-0.39, 0.29) is 5.78 Å². The highest BCUT2D eigenvalue weighted by Gasteiger charge is 2.09. The highest BCUT2D eigenvalue weighted by Crippen LogP contribution is 2.22. The van der Waals surface area contributed by atoms with Gasteiger partial charge in [-0.3, -0.25) is 9.78 Å². The van der Waals surface area contributed by atoms with Crippen LogP contribution in [0.2, 0.25) is 0 Å². The molecule has 0 fully saturated rings. The van der Waals surface area contributed by atoms with Crippen molar-refractivity contribution in [3.05, 3.63) is 78.1 Å². The van der Waals surface area contributed by atoms with Gasteiger partial charge in [0, 0.05) is 24.4 Å². The van der Waals surface area contributed by atoms with Crippen molar-refractivity contribution in [1.82, 2.24) is 9.97 Å². The normalized spacial score (nSPS) is 11.4. The second kappa shape index (κ2) is 10.4. The summed E-state index contributed by atoms with van der Waals surface area (Å²) in [5.41, 5.74) is 4.64. The summed E-state index contributed by atoms with van der Waals surface area (Å²) in [6, 6.07) is 18.3. The Morgan fingerprint density at radius 1 is 0.966 bits per heavy atom. The molecule has 0 aliphatic carbocycles. The quantitative estimate of drug-likeness (QED) is 0.339. The van der Waals surface area contributed by atoms with E-state index < -0.39 is 0 Å². The van der Waals surface area contributed by atoms with E-state index in [1.54, 1.807) is 19.3 Å². The van der Waals surface area contributed by atoms with Crippen molar-refractivity contribution in [2.45, 2.75) is 46.0 Å². The molecule has 0 saturated carbocycles. The van der Waals surface area contributed by atoms with Gasteiger partial charge in [-0.15, -0.1) is 0 Å². The molecule has 2 aromatic heterocycles. The smallest absolute Gasteiger partial charge is 0.176 e. The molecule has 0 saturated heterocycles. The first-order valence-electron chi connectivity index (χ1n) is 10.1. The van der Waals surface area contributed by atoms with Gasteiger partial charge in [0.1, 0.15) is 0 Å². The third kappa shape index (κ3) is 6.18. The third-order valence-electron chi connectivity index (χ3n) is 4.90. The molecule has 1 aromatic carbocycles. The lowest BCUT2D eigenvalue weighted by molar-refractivity contribution is -0.113. The van der Waals surface area contributed by atoms with Gasteiger partial charge in [0.2, 0.25) is 0 Å². The van der Waals surface area contributed by atoms with E-state index in [0.29, 0.717) is 18.0 Å². The number of ketones is 1. The third-order valence-corrected chi connectivity index (χ3v) is 4.90. The van der Waals surface area contributed by atoms with Gasteiger partial charge in [-0.05, 0) is 62.4 Å². The molecule has 0 aliphatic rings. The topological polar surface area (TPSA) is 55.2 Å². The molecule has 0 radical (unpaired) electrons. The Kier molecular flexibility index (Phi) is 7.40. The predicted molar refractivity (Wildman–Crippen MR) is 119 cm³/mol. The number of aliphatic imine (C=N–C) groups is 1. The summed E-state index contributed by atoms with van der Waals surface area (Å²) in [7, 11) is 0. The minimum Gasteiger partial charge on any atom is -0.293 e. The first-order chi connectivity index (χ1) is 14.1.